The molecule has 4 heteroatoms. The van der Waals surface area contributed by atoms with Crippen LogP contribution in [0.5, 0.6) is 5.75 Å². The van der Waals surface area contributed by atoms with Crippen LogP contribution in [-0.2, 0) is 0 Å². The first kappa shape index (κ1) is 14.5. The molecule has 0 aliphatic heterocycles. The molecule has 0 bridgehead atoms. The molecule has 0 saturated heterocycles. The van der Waals surface area contributed by atoms with Gasteiger partial charge in [0.25, 0.3) is 0 Å². The number of nitrogens with zero attached hydrogens (tertiary/aromatic N) is 3. The van der Waals surface area contributed by atoms with Gasteiger partial charge in [0.2, 0.25) is 0 Å². The van der Waals surface area contributed by atoms with Crippen LogP contribution in [0.25, 0.3) is 11.4 Å². The Morgan fingerprint density at radius 3 is 2.68 bits per heavy atom. The van der Waals surface area contributed by atoms with Crippen molar-refractivity contribution < 1.29 is 4.74 Å². The van der Waals surface area contributed by atoms with Gasteiger partial charge in [0.15, 0.2) is 5.82 Å². The van der Waals surface area contributed by atoms with E-state index in [9.17, 15) is 5.26 Å². The first-order valence-electron chi connectivity index (χ1n) is 7.77. The Balaban J connectivity index is 1.75. The summed E-state index contributed by atoms with van der Waals surface area (Å²) >= 11 is 0. The van der Waals surface area contributed by atoms with Gasteiger partial charge in [0.1, 0.15) is 5.75 Å². The maximum absolute atomic E-state index is 9.27. The van der Waals surface area contributed by atoms with Crippen LogP contribution in [0.1, 0.15) is 25.7 Å². The molecule has 1 saturated carbocycles. The number of ether oxygens (including phenoxy) is 1. The third-order valence-electron chi connectivity index (χ3n) is 4.22. The third-order valence-corrected chi connectivity index (χ3v) is 4.22. The molecule has 1 aromatic heterocycles. The Labute approximate surface area is 130 Å². The van der Waals surface area contributed by atoms with Crippen LogP contribution in [-0.4, -0.2) is 16.6 Å². The van der Waals surface area contributed by atoms with Gasteiger partial charge in [-0.1, -0.05) is 25.0 Å². The van der Waals surface area contributed by atoms with Gasteiger partial charge in [0.05, 0.1) is 24.2 Å². The van der Waals surface area contributed by atoms with Crippen molar-refractivity contribution in [2.45, 2.75) is 25.7 Å². The molecular formula is C18H19N3O. The van der Waals surface area contributed by atoms with E-state index in [0.29, 0.717) is 18.3 Å². The van der Waals surface area contributed by atoms with Crippen LogP contribution in [0.15, 0.2) is 42.7 Å². The lowest BCUT2D eigenvalue weighted by molar-refractivity contribution is 0.177. The first-order valence-corrected chi connectivity index (χ1v) is 7.77. The number of benzene rings is 1. The van der Waals surface area contributed by atoms with Crippen molar-refractivity contribution in [3.8, 4) is 23.2 Å². The van der Waals surface area contributed by atoms with E-state index >= 15 is 0 Å². The summed E-state index contributed by atoms with van der Waals surface area (Å²) in [4.78, 5) is 8.58. The second-order valence-electron chi connectivity index (χ2n) is 5.66. The standard InChI is InChI=1S/C18H19N3O/c19-12-14-6-1-2-7-15(14)13-22-17-9-4-3-8-16(17)18-20-10-5-11-21-18/h3-5,8-11,14-15H,1-2,6-7,13H2. The summed E-state index contributed by atoms with van der Waals surface area (Å²) < 4.78 is 6.03. The first-order chi connectivity index (χ1) is 10.9. The Kier molecular flexibility index (Phi) is 4.65. The van der Waals surface area contributed by atoms with Gasteiger partial charge in [-0.25, -0.2) is 9.97 Å². The molecule has 0 N–H and O–H groups in total. The van der Waals surface area contributed by atoms with Crippen molar-refractivity contribution >= 4 is 0 Å². The van der Waals surface area contributed by atoms with Crippen LogP contribution in [0, 0.1) is 23.2 Å². The highest BCUT2D eigenvalue weighted by molar-refractivity contribution is 5.63. The molecule has 1 aliphatic rings. The van der Waals surface area contributed by atoms with Gasteiger partial charge in [0, 0.05) is 18.3 Å². The molecule has 0 spiro atoms. The molecule has 1 fully saturated rings. The molecule has 3 rings (SSSR count). The van der Waals surface area contributed by atoms with E-state index in [1.165, 1.54) is 6.42 Å². The summed E-state index contributed by atoms with van der Waals surface area (Å²) in [5.74, 6) is 1.90. The van der Waals surface area contributed by atoms with E-state index in [-0.39, 0.29) is 5.92 Å². The minimum Gasteiger partial charge on any atom is -0.492 e. The monoisotopic (exact) mass is 293 g/mol. The lowest BCUT2D eigenvalue weighted by Crippen LogP contribution is -2.24. The largest absolute Gasteiger partial charge is 0.492 e. The summed E-state index contributed by atoms with van der Waals surface area (Å²) in [5.41, 5.74) is 0.896. The van der Waals surface area contributed by atoms with E-state index in [0.717, 1.165) is 30.6 Å². The highest BCUT2D eigenvalue weighted by Crippen LogP contribution is 2.32. The molecule has 112 valence electrons. The molecule has 0 radical (unpaired) electrons. The molecule has 1 aliphatic carbocycles. The van der Waals surface area contributed by atoms with Crippen molar-refractivity contribution in [3.63, 3.8) is 0 Å². The zero-order chi connectivity index (χ0) is 15.2. The lowest BCUT2D eigenvalue weighted by Gasteiger charge is -2.26. The molecule has 2 atom stereocenters. The van der Waals surface area contributed by atoms with Gasteiger partial charge in [-0.05, 0) is 31.0 Å². The summed E-state index contributed by atoms with van der Waals surface area (Å²) in [5, 5.41) is 9.27. The van der Waals surface area contributed by atoms with Crippen LogP contribution in [0.2, 0.25) is 0 Å². The van der Waals surface area contributed by atoms with Crippen molar-refractivity contribution in [1.29, 1.82) is 5.26 Å². The number of nitriles is 1. The fourth-order valence-corrected chi connectivity index (χ4v) is 2.99. The Morgan fingerprint density at radius 1 is 1.09 bits per heavy atom. The molecule has 1 heterocycles. The molecule has 4 nitrogen and oxygen atoms in total. The fraction of sp³-hybridized carbons (Fsp3) is 0.389. The van der Waals surface area contributed by atoms with E-state index in [4.69, 9.17) is 4.74 Å². The number of para-hydroxylation sites is 1. The number of hydrogen-bond acceptors (Lipinski definition) is 4. The third kappa shape index (κ3) is 3.25. The maximum Gasteiger partial charge on any atom is 0.162 e. The van der Waals surface area contributed by atoms with Crippen molar-refractivity contribution in [2.75, 3.05) is 6.61 Å². The zero-order valence-electron chi connectivity index (χ0n) is 12.5. The highest BCUT2D eigenvalue weighted by atomic mass is 16.5. The lowest BCUT2D eigenvalue weighted by atomic mass is 9.80. The van der Waals surface area contributed by atoms with Crippen LogP contribution >= 0.6 is 0 Å². The number of aromatic nitrogens is 2. The van der Waals surface area contributed by atoms with Gasteiger partial charge < -0.3 is 4.74 Å². The van der Waals surface area contributed by atoms with E-state index in [1.807, 2.05) is 24.3 Å². The van der Waals surface area contributed by atoms with Gasteiger partial charge in [-0.3, -0.25) is 0 Å². The SMILES string of the molecule is N#CC1CCCCC1COc1ccccc1-c1ncccn1. The highest BCUT2D eigenvalue weighted by Gasteiger charge is 2.25. The molecule has 2 aromatic rings. The predicted octanol–water partition coefficient (Wildman–Crippen LogP) is 3.85. The minimum absolute atomic E-state index is 0.119. The van der Waals surface area contributed by atoms with Gasteiger partial charge >= 0.3 is 0 Å². The molecule has 2 unspecified atom stereocenters. The summed E-state index contributed by atoms with van der Waals surface area (Å²) in [7, 11) is 0. The van der Waals surface area contributed by atoms with Crippen LogP contribution < -0.4 is 4.74 Å². The Morgan fingerprint density at radius 2 is 1.86 bits per heavy atom. The maximum atomic E-state index is 9.27. The summed E-state index contributed by atoms with van der Waals surface area (Å²) in [6.07, 6.45) is 7.87. The minimum atomic E-state index is 0.119. The average molecular weight is 293 g/mol. The Bertz CT molecular complexity index is 651. The predicted molar refractivity (Wildman–Crippen MR) is 84.0 cm³/mol. The summed E-state index contributed by atoms with van der Waals surface area (Å²) in [6.45, 7) is 0.585. The molecule has 22 heavy (non-hydrogen) atoms. The van der Waals surface area contributed by atoms with Gasteiger partial charge in [-0.15, -0.1) is 0 Å². The average Bonchev–Trinajstić information content (AvgIpc) is 2.61. The second-order valence-corrected chi connectivity index (χ2v) is 5.66. The van der Waals surface area contributed by atoms with E-state index in [1.54, 1.807) is 18.5 Å². The van der Waals surface area contributed by atoms with E-state index < -0.39 is 0 Å². The molecule has 1 aromatic carbocycles. The smallest absolute Gasteiger partial charge is 0.162 e. The number of hydrogen-bond donors (Lipinski definition) is 0. The van der Waals surface area contributed by atoms with Crippen molar-refractivity contribution in [1.82, 2.24) is 9.97 Å². The van der Waals surface area contributed by atoms with E-state index in [2.05, 4.69) is 16.0 Å². The Hall–Kier alpha value is -2.41. The van der Waals surface area contributed by atoms with Crippen LogP contribution in [0.3, 0.4) is 0 Å². The normalized spacial score (nSPS) is 21.0. The zero-order valence-corrected chi connectivity index (χ0v) is 12.5. The van der Waals surface area contributed by atoms with Crippen molar-refractivity contribution in [3.05, 3.63) is 42.7 Å². The van der Waals surface area contributed by atoms with Gasteiger partial charge in [-0.2, -0.15) is 5.26 Å². The summed E-state index contributed by atoms with van der Waals surface area (Å²) in [6, 6.07) is 12.0. The van der Waals surface area contributed by atoms with Crippen LogP contribution in [0.4, 0.5) is 0 Å². The fourth-order valence-electron chi connectivity index (χ4n) is 2.99. The molecular weight excluding hydrogens is 274 g/mol. The quantitative estimate of drug-likeness (QED) is 0.859. The molecule has 0 amide bonds. The topological polar surface area (TPSA) is 58.8 Å². The number of rotatable bonds is 4. The second kappa shape index (κ2) is 7.04. The van der Waals surface area contributed by atoms with Crippen molar-refractivity contribution in [2.24, 2.45) is 11.8 Å².